The van der Waals surface area contributed by atoms with Crippen LogP contribution in [-0.4, -0.2) is 45.3 Å². The molecule has 6 atom stereocenters. The molecule has 1 fully saturated rings. The van der Waals surface area contributed by atoms with Crippen LogP contribution in [0, 0.1) is 11.8 Å². The Morgan fingerprint density at radius 1 is 1.43 bits per heavy atom. The van der Waals surface area contributed by atoms with E-state index >= 15 is 0 Å². The van der Waals surface area contributed by atoms with Gasteiger partial charge in [0, 0.05) is 18.3 Å². The smallest absolute Gasteiger partial charge is 0.335 e. The number of fused-ring (bicyclic) bond motifs is 2. The average Bonchev–Trinajstić information content (AvgIpc) is 2.97. The molecule has 0 spiro atoms. The molecule has 0 radical (unpaired) electrons. The van der Waals surface area contributed by atoms with Gasteiger partial charge in [0.25, 0.3) is 0 Å². The lowest BCUT2D eigenvalue weighted by Crippen LogP contribution is -2.33. The Bertz CT molecular complexity index is 775. The van der Waals surface area contributed by atoms with Crippen LogP contribution in [0.3, 0.4) is 0 Å². The lowest BCUT2D eigenvalue weighted by molar-refractivity contribution is 0.0265. The summed E-state index contributed by atoms with van der Waals surface area (Å²) in [6.45, 7) is 3.40. The first-order valence-electron chi connectivity index (χ1n) is 11.0. The second-order valence-electron chi connectivity index (χ2n) is 8.93. The van der Waals surface area contributed by atoms with Gasteiger partial charge in [-0.1, -0.05) is 38.0 Å². The predicted octanol–water partition coefficient (Wildman–Crippen LogP) is 4.30. The number of carboxylic acids is 1. The number of unbranched alkanes of at least 4 members (excludes halogenated alkanes) is 1. The van der Waals surface area contributed by atoms with E-state index in [1.54, 1.807) is 24.3 Å². The van der Waals surface area contributed by atoms with Crippen LogP contribution < -0.4 is 4.74 Å². The summed E-state index contributed by atoms with van der Waals surface area (Å²) in [5.74, 6) is -0.626. The number of carboxylic acid groups (broad SMARTS) is 1. The molecule has 3 rings (SSSR count). The molecule has 1 aliphatic heterocycles. The Morgan fingerprint density at radius 2 is 2.20 bits per heavy atom. The molecule has 0 amide bonds. The van der Waals surface area contributed by atoms with Crippen LogP contribution in [0.1, 0.15) is 68.3 Å². The Labute approximate surface area is 177 Å². The third-order valence-corrected chi connectivity index (χ3v) is 6.62. The molecule has 1 aromatic rings. The SMILES string of the molecule is CCCCC(C)(F)C(O)/C=C/[C@@H]1[C@H]2CCCc3ccc(C(=O)O)cc3O[C@H]2C[C@H]1O. The maximum absolute atomic E-state index is 14.7. The number of ether oxygens (including phenoxy) is 1. The lowest BCUT2D eigenvalue weighted by atomic mass is 9.85. The van der Waals surface area contributed by atoms with Crippen LogP contribution in [0.4, 0.5) is 4.39 Å². The van der Waals surface area contributed by atoms with Crippen molar-refractivity contribution in [3.8, 4) is 5.75 Å². The minimum absolute atomic E-state index is 0.0339. The average molecular weight is 421 g/mol. The topological polar surface area (TPSA) is 87.0 Å². The second-order valence-corrected chi connectivity index (χ2v) is 8.93. The van der Waals surface area contributed by atoms with Crippen molar-refractivity contribution in [2.75, 3.05) is 0 Å². The second kappa shape index (κ2) is 9.48. The van der Waals surface area contributed by atoms with Gasteiger partial charge in [-0.2, -0.15) is 0 Å². The zero-order chi connectivity index (χ0) is 21.9. The third-order valence-electron chi connectivity index (χ3n) is 6.62. The molecule has 6 heteroatoms. The van der Waals surface area contributed by atoms with Gasteiger partial charge in [0.05, 0.1) is 11.7 Å². The standard InChI is InChI=1S/C24H33FO5/c1-3-4-12-24(2,25)22(27)11-10-17-18-7-5-6-15-8-9-16(23(28)29)13-20(15)30-21(18)14-19(17)26/h8-11,13,17-19,21-22,26-27H,3-7,12,14H2,1-2H3,(H,28,29)/b11-10+/t17-,18-,19-,21+,22?,24?/m1/s1. The number of aliphatic hydroxyl groups is 2. The quantitative estimate of drug-likeness (QED) is 0.573. The van der Waals surface area contributed by atoms with E-state index in [9.17, 15) is 24.5 Å². The van der Waals surface area contributed by atoms with Gasteiger partial charge < -0.3 is 20.1 Å². The minimum Gasteiger partial charge on any atom is -0.490 e. The van der Waals surface area contributed by atoms with Crippen molar-refractivity contribution in [3.05, 3.63) is 41.5 Å². The number of carbonyl (C=O) groups is 1. The number of alkyl halides is 1. The first kappa shape index (κ1) is 22.8. The zero-order valence-electron chi connectivity index (χ0n) is 17.8. The fraction of sp³-hybridized carbons (Fsp3) is 0.625. The van der Waals surface area contributed by atoms with Gasteiger partial charge in [-0.3, -0.25) is 0 Å². The first-order valence-corrected chi connectivity index (χ1v) is 11.0. The fourth-order valence-electron chi connectivity index (χ4n) is 4.69. The molecule has 166 valence electrons. The van der Waals surface area contributed by atoms with E-state index in [-0.39, 0.29) is 23.5 Å². The Hall–Kier alpha value is -1.92. The summed E-state index contributed by atoms with van der Waals surface area (Å²) in [5.41, 5.74) is -0.538. The summed E-state index contributed by atoms with van der Waals surface area (Å²) in [5, 5.41) is 30.2. The Balaban J connectivity index is 1.75. The number of aryl methyl sites for hydroxylation is 1. The molecule has 0 bridgehead atoms. The molecule has 1 aromatic carbocycles. The monoisotopic (exact) mass is 420 g/mol. The molecule has 3 N–H and O–H groups in total. The minimum atomic E-state index is -1.70. The fourth-order valence-corrected chi connectivity index (χ4v) is 4.69. The molecule has 30 heavy (non-hydrogen) atoms. The number of rotatable bonds is 7. The van der Waals surface area contributed by atoms with Gasteiger partial charge in [0.2, 0.25) is 0 Å². The molecule has 5 nitrogen and oxygen atoms in total. The number of hydrogen-bond donors (Lipinski definition) is 3. The van der Waals surface area contributed by atoms with Crippen LogP contribution in [0.5, 0.6) is 5.75 Å². The first-order chi connectivity index (χ1) is 14.2. The summed E-state index contributed by atoms with van der Waals surface area (Å²) >= 11 is 0. The van der Waals surface area contributed by atoms with Gasteiger partial charge in [-0.15, -0.1) is 0 Å². The van der Waals surface area contributed by atoms with Crippen LogP contribution in [0.15, 0.2) is 30.4 Å². The number of aromatic carboxylic acids is 1. The van der Waals surface area contributed by atoms with Gasteiger partial charge in [0.1, 0.15) is 23.6 Å². The summed E-state index contributed by atoms with van der Waals surface area (Å²) in [6.07, 6.45) is 5.93. The summed E-state index contributed by atoms with van der Waals surface area (Å²) in [6, 6.07) is 4.95. The number of benzene rings is 1. The van der Waals surface area contributed by atoms with E-state index in [4.69, 9.17) is 4.74 Å². The van der Waals surface area contributed by atoms with Crippen LogP contribution >= 0.6 is 0 Å². The highest BCUT2D eigenvalue weighted by Gasteiger charge is 2.43. The van der Waals surface area contributed by atoms with E-state index in [2.05, 4.69) is 0 Å². The summed E-state index contributed by atoms with van der Waals surface area (Å²) in [4.78, 5) is 11.3. The highest BCUT2D eigenvalue weighted by Crippen LogP contribution is 2.42. The number of halogens is 1. The van der Waals surface area contributed by atoms with E-state index in [1.807, 2.05) is 6.92 Å². The van der Waals surface area contributed by atoms with Crippen molar-refractivity contribution in [2.45, 2.75) is 82.8 Å². The van der Waals surface area contributed by atoms with Crippen LogP contribution in [0.25, 0.3) is 0 Å². The van der Waals surface area contributed by atoms with Gasteiger partial charge in [-0.05, 0) is 50.3 Å². The van der Waals surface area contributed by atoms with E-state index < -0.39 is 23.8 Å². The van der Waals surface area contributed by atoms with Crippen molar-refractivity contribution < 1.29 is 29.2 Å². The molecular weight excluding hydrogens is 387 g/mol. The van der Waals surface area contributed by atoms with E-state index in [1.165, 1.54) is 13.0 Å². The van der Waals surface area contributed by atoms with E-state index in [0.29, 0.717) is 25.0 Å². The number of aliphatic hydroxyl groups excluding tert-OH is 2. The van der Waals surface area contributed by atoms with Crippen molar-refractivity contribution in [3.63, 3.8) is 0 Å². The van der Waals surface area contributed by atoms with Crippen molar-refractivity contribution in [1.29, 1.82) is 0 Å². The van der Waals surface area contributed by atoms with Crippen molar-refractivity contribution in [2.24, 2.45) is 11.8 Å². The molecule has 1 heterocycles. The van der Waals surface area contributed by atoms with Gasteiger partial charge >= 0.3 is 5.97 Å². The summed E-state index contributed by atoms with van der Waals surface area (Å²) < 4.78 is 20.9. The summed E-state index contributed by atoms with van der Waals surface area (Å²) in [7, 11) is 0. The van der Waals surface area contributed by atoms with Crippen LogP contribution in [-0.2, 0) is 6.42 Å². The van der Waals surface area contributed by atoms with Crippen molar-refractivity contribution >= 4 is 5.97 Å². The Morgan fingerprint density at radius 3 is 2.90 bits per heavy atom. The van der Waals surface area contributed by atoms with Gasteiger partial charge in [0.15, 0.2) is 0 Å². The maximum atomic E-state index is 14.7. The highest BCUT2D eigenvalue weighted by molar-refractivity contribution is 5.88. The third kappa shape index (κ3) is 5.03. The normalized spacial score (nSPS) is 29.2. The highest BCUT2D eigenvalue weighted by atomic mass is 19.1. The van der Waals surface area contributed by atoms with E-state index in [0.717, 1.165) is 31.2 Å². The molecular formula is C24H33FO5. The maximum Gasteiger partial charge on any atom is 0.335 e. The molecule has 0 aromatic heterocycles. The van der Waals surface area contributed by atoms with Crippen LogP contribution in [0.2, 0.25) is 0 Å². The van der Waals surface area contributed by atoms with Crippen molar-refractivity contribution in [1.82, 2.24) is 0 Å². The predicted molar refractivity (Wildman–Crippen MR) is 113 cm³/mol. The molecule has 0 saturated heterocycles. The zero-order valence-corrected chi connectivity index (χ0v) is 17.8. The number of hydrogen-bond acceptors (Lipinski definition) is 4. The Kier molecular flexibility index (Phi) is 7.19. The molecule has 1 aliphatic carbocycles. The largest absolute Gasteiger partial charge is 0.490 e. The lowest BCUT2D eigenvalue weighted by Gasteiger charge is -2.29. The molecule has 1 saturated carbocycles. The molecule has 2 aliphatic rings. The van der Waals surface area contributed by atoms with Gasteiger partial charge in [-0.25, -0.2) is 9.18 Å². The molecule has 2 unspecified atom stereocenters.